The van der Waals surface area contributed by atoms with Crippen molar-refractivity contribution in [3.8, 4) is 0 Å². The number of nitrogens with two attached hydrogens (primary N) is 6. The van der Waals surface area contributed by atoms with Gasteiger partial charge in [-0.25, -0.2) is 0 Å². The minimum atomic E-state index is -1.65. The fourth-order valence-electron chi connectivity index (χ4n) is 6.51. The zero-order valence-electron chi connectivity index (χ0n) is 28.4. The maximum Gasteiger partial charge on any atom is 0.249 e. The summed E-state index contributed by atoms with van der Waals surface area (Å²) in [4.78, 5) is 12.7. The Kier molecular flexibility index (Phi) is 16.3. The molecule has 21 heteroatoms. The van der Waals surface area contributed by atoms with E-state index in [1.807, 2.05) is 0 Å². The average Bonchev–Trinajstić information content (AvgIpc) is 3.41. The van der Waals surface area contributed by atoms with Gasteiger partial charge in [-0.1, -0.05) is 12.2 Å². The van der Waals surface area contributed by atoms with Crippen LogP contribution in [0.2, 0.25) is 0 Å². The maximum atomic E-state index is 12.7. The van der Waals surface area contributed by atoms with E-state index in [2.05, 4.69) is 10.6 Å². The zero-order valence-corrected chi connectivity index (χ0v) is 28.4. The molecule has 1 saturated carbocycles. The van der Waals surface area contributed by atoms with Crippen LogP contribution in [0.5, 0.6) is 0 Å². The van der Waals surface area contributed by atoms with E-state index in [1.54, 1.807) is 12.2 Å². The van der Waals surface area contributed by atoms with Gasteiger partial charge in [-0.05, 0) is 38.9 Å². The Morgan fingerprint density at radius 1 is 0.824 bits per heavy atom. The van der Waals surface area contributed by atoms with Gasteiger partial charge in [0.05, 0.1) is 30.8 Å². The molecule has 0 spiro atoms. The monoisotopic (exact) mass is 738 g/mol. The second-order valence-electron chi connectivity index (χ2n) is 13.3. The van der Waals surface area contributed by atoms with Crippen molar-refractivity contribution >= 4 is 5.91 Å². The van der Waals surface area contributed by atoms with E-state index < -0.39 is 123 Å². The molecule has 0 unspecified atom stereocenters. The molecule has 4 aliphatic rings. The quantitative estimate of drug-likeness (QED) is 0.0486. The summed E-state index contributed by atoms with van der Waals surface area (Å²) in [5.74, 6) is -0.791. The molecule has 1 aliphatic carbocycles. The summed E-state index contributed by atoms with van der Waals surface area (Å²) >= 11 is 0. The Hall–Kier alpha value is -1.55. The van der Waals surface area contributed by atoms with Gasteiger partial charge in [-0.2, -0.15) is 0 Å². The summed E-state index contributed by atoms with van der Waals surface area (Å²) in [5, 5.41) is 69.8. The Morgan fingerprint density at radius 2 is 1.51 bits per heavy atom. The summed E-state index contributed by atoms with van der Waals surface area (Å²) in [6.07, 6.45) is -13.9. The van der Waals surface area contributed by atoms with Gasteiger partial charge in [0.2, 0.25) is 5.91 Å². The third kappa shape index (κ3) is 10.4. The van der Waals surface area contributed by atoms with E-state index in [-0.39, 0.29) is 25.9 Å². The molecule has 3 fully saturated rings. The molecule has 21 nitrogen and oxygen atoms in total. The highest BCUT2D eigenvalue weighted by atomic mass is 16.8. The predicted molar refractivity (Wildman–Crippen MR) is 177 cm³/mol. The first-order valence-electron chi connectivity index (χ1n) is 17.3. The van der Waals surface area contributed by atoms with Crippen molar-refractivity contribution in [1.29, 1.82) is 0 Å². The molecular weight excluding hydrogens is 680 g/mol. The van der Waals surface area contributed by atoms with E-state index in [1.165, 1.54) is 0 Å². The smallest absolute Gasteiger partial charge is 0.249 e. The van der Waals surface area contributed by atoms with Crippen LogP contribution in [0.3, 0.4) is 0 Å². The summed E-state index contributed by atoms with van der Waals surface area (Å²) < 4.78 is 35.9. The lowest BCUT2D eigenvalue weighted by Gasteiger charge is -2.46. The van der Waals surface area contributed by atoms with Gasteiger partial charge in [0.15, 0.2) is 18.9 Å². The number of carbonyl (C=O) groups excluding carboxylic acids is 1. The van der Waals surface area contributed by atoms with Crippen LogP contribution in [-0.4, -0.2) is 186 Å². The van der Waals surface area contributed by atoms with Gasteiger partial charge < -0.3 is 104 Å². The molecular formula is C30H58N8O13. The van der Waals surface area contributed by atoms with Gasteiger partial charge in [0.1, 0.15) is 61.0 Å². The standard InChI is InChI=1S/C30H58N8O13/c31-5-1-7-37-10-12-2-3-13(34)28(46-12)49-24-14(35)8-15(38-27(45)16(40)4-6-32)20(41)26(24)51-30-23(44)25(18(11-39)48-30)50-29-19(36)22(43)21(42)17(9-33)47-29/h2-3,12-26,28-30,37,39-44H,1,4-11,31-36H2,(H,38,45)/t12-,13+,14-,15+,16-,17-,18+,19+,20-,21+,22+,23+,24+,25+,26+,28+,29+,30-/m0/s1. The normalized spacial score (nSPS) is 43.6. The summed E-state index contributed by atoms with van der Waals surface area (Å²) in [6.45, 7) is 0.820. The molecule has 0 aromatic carbocycles. The van der Waals surface area contributed by atoms with Crippen LogP contribution in [-0.2, 0) is 33.2 Å². The van der Waals surface area contributed by atoms with Crippen molar-refractivity contribution in [2.75, 3.05) is 39.3 Å². The Bertz CT molecular complexity index is 1100. The van der Waals surface area contributed by atoms with Crippen LogP contribution in [0.25, 0.3) is 0 Å². The van der Waals surface area contributed by atoms with Gasteiger partial charge in [0.25, 0.3) is 0 Å². The third-order valence-corrected chi connectivity index (χ3v) is 9.49. The van der Waals surface area contributed by atoms with Crippen molar-refractivity contribution in [3.63, 3.8) is 0 Å². The Morgan fingerprint density at radius 3 is 2.18 bits per heavy atom. The third-order valence-electron chi connectivity index (χ3n) is 9.49. The number of aliphatic hydroxyl groups excluding tert-OH is 6. The van der Waals surface area contributed by atoms with E-state index in [9.17, 15) is 35.4 Å². The van der Waals surface area contributed by atoms with Crippen molar-refractivity contribution in [2.45, 2.75) is 129 Å². The number of ether oxygens (including phenoxy) is 6. The number of carbonyl (C=O) groups is 1. The topological polar surface area (TPSA) is 374 Å². The lowest BCUT2D eigenvalue weighted by Crippen LogP contribution is -2.67. The first-order chi connectivity index (χ1) is 24.3. The number of hydrogen-bond donors (Lipinski definition) is 14. The molecule has 51 heavy (non-hydrogen) atoms. The summed E-state index contributed by atoms with van der Waals surface area (Å²) in [6, 6.07) is -3.99. The zero-order chi connectivity index (χ0) is 37.4. The van der Waals surface area contributed by atoms with Crippen molar-refractivity contribution in [2.24, 2.45) is 34.4 Å². The Balaban J connectivity index is 1.53. The first kappa shape index (κ1) is 42.2. The van der Waals surface area contributed by atoms with Gasteiger partial charge in [-0.3, -0.25) is 4.79 Å². The number of hydrogen-bond acceptors (Lipinski definition) is 20. The molecule has 4 rings (SSSR count). The molecule has 1 amide bonds. The highest BCUT2D eigenvalue weighted by molar-refractivity contribution is 5.80. The maximum absolute atomic E-state index is 12.7. The molecule has 0 bridgehead atoms. The molecule has 20 N–H and O–H groups in total. The molecule has 0 radical (unpaired) electrons. The molecule has 18 atom stereocenters. The number of rotatable bonds is 17. The molecule has 2 saturated heterocycles. The fraction of sp³-hybridized carbons (Fsp3) is 0.900. The molecule has 3 heterocycles. The minimum absolute atomic E-state index is 0.0263. The summed E-state index contributed by atoms with van der Waals surface area (Å²) in [7, 11) is 0. The van der Waals surface area contributed by atoms with Gasteiger partial charge >= 0.3 is 0 Å². The van der Waals surface area contributed by atoms with Crippen LogP contribution >= 0.6 is 0 Å². The number of aliphatic hydroxyl groups is 6. The molecule has 0 aromatic heterocycles. The lowest BCUT2D eigenvalue weighted by atomic mass is 9.83. The van der Waals surface area contributed by atoms with Gasteiger partial charge in [-0.15, -0.1) is 0 Å². The molecule has 0 aromatic rings. The van der Waals surface area contributed by atoms with E-state index in [0.717, 1.165) is 6.42 Å². The Labute approximate surface area is 295 Å². The highest BCUT2D eigenvalue weighted by Crippen LogP contribution is 2.34. The lowest BCUT2D eigenvalue weighted by molar-refractivity contribution is -0.284. The van der Waals surface area contributed by atoms with E-state index >= 15 is 0 Å². The molecule has 3 aliphatic heterocycles. The van der Waals surface area contributed by atoms with E-state index in [4.69, 9.17) is 62.8 Å². The van der Waals surface area contributed by atoms with Crippen LogP contribution in [0, 0.1) is 0 Å². The second-order valence-corrected chi connectivity index (χ2v) is 13.3. The van der Waals surface area contributed by atoms with Crippen LogP contribution in [0.15, 0.2) is 12.2 Å². The van der Waals surface area contributed by atoms with Crippen molar-refractivity contribution in [1.82, 2.24) is 10.6 Å². The SMILES string of the molecule is NCCCNC[C@@H]1C=C[C@@H](N)[C@@H](O[C@H]2[C@H](O[C@@H]3O[C@H](CO)[C@@H](O[C@H]4O[C@@H](CN)[C@@H](O)[C@H](O)[C@H]4N)[C@H]3O)[C@@H](O)[C@H](NC(=O)[C@@H](O)CCN)C[C@@H]2N)O1. The van der Waals surface area contributed by atoms with Gasteiger partial charge in [0, 0.05) is 19.1 Å². The highest BCUT2D eigenvalue weighted by Gasteiger charge is 2.54. The van der Waals surface area contributed by atoms with Crippen molar-refractivity contribution < 1.29 is 63.9 Å². The van der Waals surface area contributed by atoms with Crippen LogP contribution < -0.4 is 45.0 Å². The summed E-state index contributed by atoms with van der Waals surface area (Å²) in [5.41, 5.74) is 35.6. The predicted octanol–water partition coefficient (Wildman–Crippen LogP) is -8.21. The van der Waals surface area contributed by atoms with Crippen LogP contribution in [0.4, 0.5) is 0 Å². The minimum Gasteiger partial charge on any atom is -0.394 e. The molecule has 296 valence electrons. The van der Waals surface area contributed by atoms with Crippen LogP contribution in [0.1, 0.15) is 19.3 Å². The fourth-order valence-corrected chi connectivity index (χ4v) is 6.51. The number of nitrogens with one attached hydrogen (secondary N) is 2. The van der Waals surface area contributed by atoms with Crippen molar-refractivity contribution in [3.05, 3.63) is 12.2 Å². The van der Waals surface area contributed by atoms with E-state index in [0.29, 0.717) is 19.6 Å². The second kappa shape index (κ2) is 19.7. The largest absolute Gasteiger partial charge is 0.394 e. The number of amides is 1. The first-order valence-corrected chi connectivity index (χ1v) is 17.3. The average molecular weight is 739 g/mol.